The van der Waals surface area contributed by atoms with Gasteiger partial charge in [-0.1, -0.05) is 6.07 Å². The van der Waals surface area contributed by atoms with Crippen LogP contribution < -0.4 is 4.74 Å². The van der Waals surface area contributed by atoms with Gasteiger partial charge in [0.25, 0.3) is 0 Å². The monoisotopic (exact) mass is 638 g/mol. The lowest BCUT2D eigenvalue weighted by atomic mass is 9.97. The summed E-state index contributed by atoms with van der Waals surface area (Å²) in [7, 11) is 1.41. The summed E-state index contributed by atoms with van der Waals surface area (Å²) < 4.78 is 38.6. The molecule has 0 amide bonds. The predicted octanol–water partition coefficient (Wildman–Crippen LogP) is -4.56. The van der Waals surface area contributed by atoms with Crippen LogP contribution in [-0.4, -0.2) is 170 Å². The van der Waals surface area contributed by atoms with E-state index in [2.05, 4.69) is 0 Å². The fourth-order valence-corrected chi connectivity index (χ4v) is 5.20. The molecule has 9 unspecified atom stereocenters. The van der Waals surface area contributed by atoms with Crippen LogP contribution in [0.5, 0.6) is 11.5 Å². The van der Waals surface area contributed by atoms with Crippen LogP contribution in [0.15, 0.2) is 18.2 Å². The molecule has 0 spiro atoms. The normalized spacial score (nSPS) is 43.1. The fraction of sp³-hybridized carbons (Fsp3) is 0.778. The molecule has 252 valence electrons. The van der Waals surface area contributed by atoms with Gasteiger partial charge in [-0.3, -0.25) is 0 Å². The van der Waals surface area contributed by atoms with Crippen molar-refractivity contribution in [3.63, 3.8) is 0 Å². The number of benzene rings is 1. The number of aromatic hydroxyl groups is 1. The van der Waals surface area contributed by atoms with Gasteiger partial charge in [0.1, 0.15) is 67.1 Å². The van der Waals surface area contributed by atoms with Gasteiger partial charge in [-0.2, -0.15) is 0 Å². The number of hydrogen-bond donors (Lipinski definition) is 10. The van der Waals surface area contributed by atoms with Gasteiger partial charge in [0.05, 0.1) is 33.0 Å². The van der Waals surface area contributed by atoms with E-state index in [-0.39, 0.29) is 24.5 Å². The van der Waals surface area contributed by atoms with Crippen LogP contribution in [0, 0.1) is 0 Å². The van der Waals surface area contributed by atoms with Crippen LogP contribution >= 0.6 is 0 Å². The first-order chi connectivity index (χ1) is 20.9. The second-order valence-electron chi connectivity index (χ2n) is 11.0. The molecule has 3 aliphatic heterocycles. The number of ether oxygens (including phenoxy) is 7. The van der Waals surface area contributed by atoms with Crippen LogP contribution in [0.2, 0.25) is 0 Å². The Bertz CT molecular complexity index is 1050. The van der Waals surface area contributed by atoms with E-state index in [0.717, 1.165) is 0 Å². The van der Waals surface area contributed by atoms with E-state index in [1.54, 1.807) is 12.1 Å². The third-order valence-electron chi connectivity index (χ3n) is 7.93. The topological polar surface area (TPSA) is 267 Å². The molecule has 0 saturated carbocycles. The molecule has 3 saturated heterocycles. The molecule has 17 heteroatoms. The van der Waals surface area contributed by atoms with Crippen molar-refractivity contribution in [3.05, 3.63) is 23.8 Å². The Morgan fingerprint density at radius 2 is 1.34 bits per heavy atom. The molecule has 10 N–H and O–H groups in total. The summed E-state index contributed by atoms with van der Waals surface area (Å²) in [6.07, 6.45) is -22.8. The first-order valence-corrected chi connectivity index (χ1v) is 14.1. The number of aliphatic hydroxyl groups is 9. The Morgan fingerprint density at radius 1 is 0.705 bits per heavy atom. The minimum atomic E-state index is -1.76. The highest BCUT2D eigenvalue weighted by Gasteiger charge is 2.51. The summed E-state index contributed by atoms with van der Waals surface area (Å²) in [5.41, 5.74) is 0.657. The van der Waals surface area contributed by atoms with Gasteiger partial charge in [-0.05, 0) is 31.0 Å². The van der Waals surface area contributed by atoms with E-state index < -0.39 is 105 Å². The van der Waals surface area contributed by atoms with Crippen molar-refractivity contribution in [1.82, 2.24) is 0 Å². The van der Waals surface area contributed by atoms with Gasteiger partial charge in [0.15, 0.2) is 30.4 Å². The zero-order valence-corrected chi connectivity index (χ0v) is 24.1. The standard InChI is InChI=1S/C27H42O17/c1-10-16(30)19(33)22(36)27(41-10)44-24-18(32)15(9-40-25-21(35)20(34)17(31)14(8-28)42-25)43-26(23(24)37)39-6-5-11-3-4-13(38-2)12(29)7-11/h3-4,7,10,14-37H,5-6,8-9H2,1-2H3/t10-,14?,15?,16?,17+,18+,19?,20?,21?,22+,23?,24?,25+,26+,27?/m0/s1. The average molecular weight is 639 g/mol. The van der Waals surface area contributed by atoms with Crippen molar-refractivity contribution in [1.29, 1.82) is 0 Å². The summed E-state index contributed by atoms with van der Waals surface area (Å²) in [5, 5.41) is 103. The lowest BCUT2D eigenvalue weighted by Gasteiger charge is -2.46. The Labute approximate surface area is 252 Å². The smallest absolute Gasteiger partial charge is 0.187 e. The van der Waals surface area contributed by atoms with Crippen molar-refractivity contribution in [2.24, 2.45) is 0 Å². The number of aliphatic hydroxyl groups excluding tert-OH is 9. The van der Waals surface area contributed by atoms with Crippen molar-refractivity contribution >= 4 is 0 Å². The van der Waals surface area contributed by atoms with Gasteiger partial charge in [0, 0.05) is 0 Å². The minimum Gasteiger partial charge on any atom is -0.504 e. The van der Waals surface area contributed by atoms with Crippen LogP contribution in [0.3, 0.4) is 0 Å². The zero-order chi connectivity index (χ0) is 32.3. The van der Waals surface area contributed by atoms with Gasteiger partial charge in [0.2, 0.25) is 0 Å². The Kier molecular flexibility index (Phi) is 12.1. The molecule has 3 fully saturated rings. The third-order valence-corrected chi connectivity index (χ3v) is 7.93. The van der Waals surface area contributed by atoms with Gasteiger partial charge in [-0.15, -0.1) is 0 Å². The molecule has 44 heavy (non-hydrogen) atoms. The Morgan fingerprint density at radius 3 is 2.00 bits per heavy atom. The highest BCUT2D eigenvalue weighted by Crippen LogP contribution is 2.31. The van der Waals surface area contributed by atoms with E-state index in [9.17, 15) is 51.1 Å². The van der Waals surface area contributed by atoms with Crippen LogP contribution in [0.1, 0.15) is 12.5 Å². The number of methoxy groups -OCH3 is 1. The lowest BCUT2D eigenvalue weighted by molar-refractivity contribution is -0.363. The molecule has 15 atom stereocenters. The van der Waals surface area contributed by atoms with Crippen LogP contribution in [0.4, 0.5) is 0 Å². The highest BCUT2D eigenvalue weighted by atomic mass is 16.7. The summed E-state index contributed by atoms with van der Waals surface area (Å²) in [5.74, 6) is 0.185. The SMILES string of the molecule is COc1ccc(CCO[C@@H]2OC(CO[C@@H]3OC(CO)[C@@H](O)C(O)C3O)[C@@H](O)C(OC3O[C@@H](C)C(O)C(O)[C@H]3O)C2O)cc1O. The molecule has 4 rings (SSSR count). The quantitative estimate of drug-likeness (QED) is 0.109. The van der Waals surface area contributed by atoms with Crippen molar-refractivity contribution < 1.29 is 84.2 Å². The average Bonchev–Trinajstić information content (AvgIpc) is 3.00. The molecular formula is C27H42O17. The number of phenols is 1. The van der Waals surface area contributed by atoms with Crippen molar-refractivity contribution in [3.8, 4) is 11.5 Å². The largest absolute Gasteiger partial charge is 0.504 e. The number of phenolic OH excluding ortho intramolecular Hbond substituents is 1. The zero-order valence-electron chi connectivity index (χ0n) is 24.1. The van der Waals surface area contributed by atoms with E-state index in [0.29, 0.717) is 5.56 Å². The van der Waals surface area contributed by atoms with Crippen molar-refractivity contribution in [2.45, 2.75) is 105 Å². The Hall–Kier alpha value is -1.78. The minimum absolute atomic E-state index is 0.0545. The van der Waals surface area contributed by atoms with Gasteiger partial charge >= 0.3 is 0 Å². The summed E-state index contributed by atoms with van der Waals surface area (Å²) in [4.78, 5) is 0. The van der Waals surface area contributed by atoms with E-state index >= 15 is 0 Å². The maximum atomic E-state index is 11.1. The van der Waals surface area contributed by atoms with Gasteiger partial charge < -0.3 is 84.2 Å². The van der Waals surface area contributed by atoms with E-state index in [1.165, 1.54) is 20.1 Å². The van der Waals surface area contributed by atoms with E-state index in [4.69, 9.17) is 33.2 Å². The van der Waals surface area contributed by atoms with Crippen LogP contribution in [0.25, 0.3) is 0 Å². The third kappa shape index (κ3) is 7.60. The second-order valence-corrected chi connectivity index (χ2v) is 11.0. The number of hydrogen-bond acceptors (Lipinski definition) is 17. The molecule has 1 aromatic rings. The lowest BCUT2D eigenvalue weighted by Crippen LogP contribution is -2.64. The fourth-order valence-electron chi connectivity index (χ4n) is 5.20. The molecule has 0 radical (unpaired) electrons. The molecule has 1 aromatic carbocycles. The summed E-state index contributed by atoms with van der Waals surface area (Å²) in [6, 6.07) is 4.72. The second kappa shape index (κ2) is 15.2. The van der Waals surface area contributed by atoms with E-state index in [1.807, 2.05) is 0 Å². The maximum absolute atomic E-state index is 11.1. The Balaban J connectivity index is 1.47. The molecule has 0 aliphatic carbocycles. The molecular weight excluding hydrogens is 596 g/mol. The molecule has 3 heterocycles. The van der Waals surface area contributed by atoms with Gasteiger partial charge in [-0.25, -0.2) is 0 Å². The molecule has 0 bridgehead atoms. The molecule has 0 aromatic heterocycles. The first kappa shape index (κ1) is 35.1. The number of rotatable bonds is 11. The maximum Gasteiger partial charge on any atom is 0.187 e. The van der Waals surface area contributed by atoms with Crippen molar-refractivity contribution in [2.75, 3.05) is 26.9 Å². The first-order valence-electron chi connectivity index (χ1n) is 14.1. The highest BCUT2D eigenvalue weighted by molar-refractivity contribution is 5.41. The summed E-state index contributed by atoms with van der Waals surface area (Å²) in [6.45, 7) is 0.128. The molecule has 3 aliphatic rings. The summed E-state index contributed by atoms with van der Waals surface area (Å²) >= 11 is 0. The predicted molar refractivity (Wildman–Crippen MR) is 142 cm³/mol. The van der Waals surface area contributed by atoms with Crippen LogP contribution in [-0.2, 0) is 34.8 Å². The molecule has 17 nitrogen and oxygen atoms in total.